The van der Waals surface area contributed by atoms with Gasteiger partial charge in [0, 0.05) is 32.8 Å². The van der Waals surface area contributed by atoms with Crippen LogP contribution >= 0.6 is 27.5 Å². The van der Waals surface area contributed by atoms with Crippen molar-refractivity contribution in [1.82, 2.24) is 0 Å². The first-order chi connectivity index (χ1) is 13.5. The number of rotatable bonds is 7. The molecule has 0 saturated carbocycles. The van der Waals surface area contributed by atoms with Crippen molar-refractivity contribution in [3.8, 4) is 5.75 Å². The minimum absolute atomic E-state index is 0.0248. The summed E-state index contributed by atoms with van der Waals surface area (Å²) in [6.45, 7) is 0.331. The predicted molar refractivity (Wildman–Crippen MR) is 114 cm³/mol. The van der Waals surface area contributed by atoms with E-state index in [1.807, 2.05) is 42.5 Å². The van der Waals surface area contributed by atoms with Crippen molar-refractivity contribution in [2.24, 2.45) is 5.10 Å². The topological polar surface area (TPSA) is 76.8 Å². The summed E-state index contributed by atoms with van der Waals surface area (Å²) in [7, 11) is 0. The van der Waals surface area contributed by atoms with Gasteiger partial charge < -0.3 is 4.74 Å². The van der Waals surface area contributed by atoms with Crippen LogP contribution in [0.4, 0.5) is 11.4 Å². The van der Waals surface area contributed by atoms with Crippen LogP contribution in [0, 0.1) is 10.1 Å². The Kier molecular flexibility index (Phi) is 6.62. The Balaban J connectivity index is 1.70. The molecule has 0 spiro atoms. The molecule has 0 aliphatic rings. The van der Waals surface area contributed by atoms with Crippen LogP contribution in [0.5, 0.6) is 5.75 Å². The van der Waals surface area contributed by atoms with Crippen molar-refractivity contribution in [1.29, 1.82) is 0 Å². The molecule has 0 amide bonds. The van der Waals surface area contributed by atoms with E-state index in [4.69, 9.17) is 16.3 Å². The summed E-state index contributed by atoms with van der Waals surface area (Å²) in [6, 6.07) is 19.1. The zero-order valence-electron chi connectivity index (χ0n) is 14.5. The number of anilines is 1. The van der Waals surface area contributed by atoms with E-state index >= 15 is 0 Å². The third kappa shape index (κ3) is 5.31. The van der Waals surface area contributed by atoms with Crippen molar-refractivity contribution >= 4 is 45.1 Å². The van der Waals surface area contributed by atoms with Crippen molar-refractivity contribution < 1.29 is 9.66 Å². The van der Waals surface area contributed by atoms with Crippen LogP contribution in [0.3, 0.4) is 0 Å². The minimum atomic E-state index is -0.447. The maximum atomic E-state index is 10.7. The lowest BCUT2D eigenvalue weighted by Gasteiger charge is -2.10. The summed E-state index contributed by atoms with van der Waals surface area (Å²) < 4.78 is 6.79. The third-order valence-corrected chi connectivity index (χ3v) is 4.65. The molecule has 0 unspecified atom stereocenters. The van der Waals surface area contributed by atoms with Gasteiger partial charge in [-0.2, -0.15) is 5.10 Å². The number of halogens is 2. The second-order valence-electron chi connectivity index (χ2n) is 5.74. The van der Waals surface area contributed by atoms with Gasteiger partial charge in [0.25, 0.3) is 5.69 Å². The van der Waals surface area contributed by atoms with E-state index in [0.29, 0.717) is 23.1 Å². The van der Waals surface area contributed by atoms with Gasteiger partial charge in [0.2, 0.25) is 0 Å². The lowest BCUT2D eigenvalue weighted by atomic mass is 10.2. The number of hydrogen-bond donors (Lipinski definition) is 1. The second kappa shape index (κ2) is 9.34. The molecule has 0 aliphatic carbocycles. The average Bonchev–Trinajstić information content (AvgIpc) is 2.69. The summed E-state index contributed by atoms with van der Waals surface area (Å²) in [6.07, 6.45) is 1.62. The van der Waals surface area contributed by atoms with Crippen molar-refractivity contribution in [2.75, 3.05) is 5.43 Å². The van der Waals surface area contributed by atoms with Crippen LogP contribution in [0.25, 0.3) is 0 Å². The summed E-state index contributed by atoms with van der Waals surface area (Å²) in [5, 5.41) is 15.5. The molecule has 142 valence electrons. The maximum absolute atomic E-state index is 10.7. The lowest BCUT2D eigenvalue weighted by Crippen LogP contribution is -2.00. The van der Waals surface area contributed by atoms with E-state index in [-0.39, 0.29) is 5.69 Å². The van der Waals surface area contributed by atoms with E-state index in [2.05, 4.69) is 26.5 Å². The molecular formula is C20H15BrClN3O3. The molecule has 0 heterocycles. The van der Waals surface area contributed by atoms with Crippen LogP contribution < -0.4 is 10.2 Å². The number of nitro groups is 1. The first-order valence-electron chi connectivity index (χ1n) is 8.22. The van der Waals surface area contributed by atoms with Gasteiger partial charge in [0.1, 0.15) is 12.4 Å². The number of nitro benzene ring substituents is 1. The smallest absolute Gasteiger partial charge is 0.269 e. The molecule has 0 saturated heterocycles. The predicted octanol–water partition coefficient (Wildman–Crippen LogP) is 6.04. The quantitative estimate of drug-likeness (QED) is 0.265. The molecule has 0 fully saturated rings. The van der Waals surface area contributed by atoms with Gasteiger partial charge in [-0.05, 0) is 36.4 Å². The number of ether oxygens (including phenoxy) is 1. The molecule has 0 aromatic heterocycles. The molecule has 0 aliphatic heterocycles. The summed E-state index contributed by atoms with van der Waals surface area (Å²) >= 11 is 9.61. The Bertz CT molecular complexity index is 1010. The second-order valence-corrected chi connectivity index (χ2v) is 7.06. The van der Waals surface area contributed by atoms with Crippen LogP contribution in [-0.2, 0) is 6.61 Å². The number of non-ortho nitro benzene ring substituents is 1. The van der Waals surface area contributed by atoms with E-state index in [9.17, 15) is 10.1 Å². The monoisotopic (exact) mass is 459 g/mol. The van der Waals surface area contributed by atoms with Gasteiger partial charge in [-0.1, -0.05) is 45.7 Å². The fraction of sp³-hybridized carbons (Fsp3) is 0.0500. The highest BCUT2D eigenvalue weighted by Crippen LogP contribution is 2.24. The molecule has 0 atom stereocenters. The van der Waals surface area contributed by atoms with Gasteiger partial charge in [0.15, 0.2) is 0 Å². The highest BCUT2D eigenvalue weighted by atomic mass is 79.9. The Hall–Kier alpha value is -2.90. The highest BCUT2D eigenvalue weighted by Gasteiger charge is 2.06. The molecule has 3 aromatic rings. The van der Waals surface area contributed by atoms with Crippen molar-refractivity contribution in [3.05, 3.63) is 97.5 Å². The third-order valence-electron chi connectivity index (χ3n) is 3.79. The highest BCUT2D eigenvalue weighted by molar-refractivity contribution is 9.10. The summed E-state index contributed by atoms with van der Waals surface area (Å²) in [4.78, 5) is 10.2. The van der Waals surface area contributed by atoms with Gasteiger partial charge in [0.05, 0.1) is 16.8 Å². The fourth-order valence-corrected chi connectivity index (χ4v) is 2.93. The van der Waals surface area contributed by atoms with E-state index in [0.717, 1.165) is 15.6 Å². The van der Waals surface area contributed by atoms with Crippen LogP contribution in [0.2, 0.25) is 5.02 Å². The summed E-state index contributed by atoms with van der Waals surface area (Å²) in [5.41, 5.74) is 5.15. The molecule has 3 rings (SSSR count). The van der Waals surface area contributed by atoms with Crippen LogP contribution in [-0.4, -0.2) is 11.1 Å². The molecule has 0 radical (unpaired) electrons. The lowest BCUT2D eigenvalue weighted by molar-refractivity contribution is -0.384. The SMILES string of the molecule is O=[N+]([O-])c1ccc(NN=Cc2cc(Br)ccc2OCc2ccccc2Cl)cc1. The van der Waals surface area contributed by atoms with Gasteiger partial charge in [-0.3, -0.25) is 15.5 Å². The van der Waals surface area contributed by atoms with Crippen LogP contribution in [0.1, 0.15) is 11.1 Å². The van der Waals surface area contributed by atoms with Gasteiger partial charge in [-0.15, -0.1) is 0 Å². The summed E-state index contributed by atoms with van der Waals surface area (Å²) in [5.74, 6) is 0.650. The van der Waals surface area contributed by atoms with Crippen LogP contribution in [0.15, 0.2) is 76.3 Å². The molecule has 3 aromatic carbocycles. The molecule has 8 heteroatoms. The Morgan fingerprint density at radius 2 is 1.89 bits per heavy atom. The zero-order chi connectivity index (χ0) is 19.9. The number of nitrogens with one attached hydrogen (secondary N) is 1. The van der Waals surface area contributed by atoms with Gasteiger partial charge >= 0.3 is 0 Å². The molecular weight excluding hydrogens is 446 g/mol. The van der Waals surface area contributed by atoms with E-state index in [1.54, 1.807) is 18.3 Å². The molecule has 1 N–H and O–H groups in total. The zero-order valence-corrected chi connectivity index (χ0v) is 16.9. The fourth-order valence-electron chi connectivity index (χ4n) is 2.36. The first kappa shape index (κ1) is 19.9. The normalized spacial score (nSPS) is 10.8. The van der Waals surface area contributed by atoms with E-state index in [1.165, 1.54) is 12.1 Å². The van der Waals surface area contributed by atoms with Crippen molar-refractivity contribution in [3.63, 3.8) is 0 Å². The molecule has 0 bridgehead atoms. The Labute approximate surface area is 175 Å². The minimum Gasteiger partial charge on any atom is -0.488 e. The van der Waals surface area contributed by atoms with Crippen molar-refractivity contribution in [2.45, 2.75) is 6.61 Å². The number of hydrazone groups is 1. The first-order valence-corrected chi connectivity index (χ1v) is 9.39. The van der Waals surface area contributed by atoms with Gasteiger partial charge in [-0.25, -0.2) is 0 Å². The number of nitrogens with zero attached hydrogens (tertiary/aromatic N) is 2. The van der Waals surface area contributed by atoms with E-state index < -0.39 is 4.92 Å². The average molecular weight is 461 g/mol. The standard InChI is InChI=1S/C20H15BrClN3O3/c21-16-5-10-20(28-13-14-3-1-2-4-19(14)22)15(11-16)12-23-24-17-6-8-18(9-7-17)25(26)27/h1-12,24H,13H2. The largest absolute Gasteiger partial charge is 0.488 e. The number of hydrogen-bond acceptors (Lipinski definition) is 5. The maximum Gasteiger partial charge on any atom is 0.269 e. The Morgan fingerprint density at radius 3 is 2.61 bits per heavy atom. The number of benzene rings is 3. The molecule has 28 heavy (non-hydrogen) atoms. The Morgan fingerprint density at radius 1 is 1.14 bits per heavy atom. The molecule has 6 nitrogen and oxygen atoms in total.